The van der Waals surface area contributed by atoms with Crippen LogP contribution in [0.1, 0.15) is 0 Å². The van der Waals surface area contributed by atoms with E-state index in [0.717, 1.165) is 24.3 Å². The van der Waals surface area contributed by atoms with Crippen LogP contribution in [0.2, 0.25) is 0 Å². The fourth-order valence-corrected chi connectivity index (χ4v) is 3.32. The van der Waals surface area contributed by atoms with Crippen LogP contribution < -0.4 is 0 Å². The van der Waals surface area contributed by atoms with E-state index in [4.69, 9.17) is 56.8 Å². The van der Waals surface area contributed by atoms with Crippen molar-refractivity contribution < 1.29 is 76.0 Å². The molecule has 0 amide bonds. The second-order valence-electron chi connectivity index (χ2n) is 9.65. The second-order valence-corrected chi connectivity index (χ2v) is 9.65. The van der Waals surface area contributed by atoms with Crippen molar-refractivity contribution >= 4 is 23.9 Å². The molecule has 280 valence electrons. The van der Waals surface area contributed by atoms with Crippen LogP contribution in [0.3, 0.4) is 0 Å². The lowest BCUT2D eigenvalue weighted by Gasteiger charge is -2.33. The van der Waals surface area contributed by atoms with Crippen LogP contribution in [-0.4, -0.2) is 156 Å². The molecule has 0 atom stereocenters. The number of rotatable bonds is 36. The molecule has 0 N–H and O–H groups in total. The number of hydrogen-bond acceptors (Lipinski definition) is 16. The Labute approximate surface area is 288 Å². The topological polar surface area (TPSA) is 179 Å². The Bertz CT molecular complexity index is 788. The zero-order chi connectivity index (χ0) is 36.3. The van der Waals surface area contributed by atoms with Gasteiger partial charge in [-0.25, -0.2) is 19.2 Å². The van der Waals surface area contributed by atoms with Crippen molar-refractivity contribution in [3.63, 3.8) is 0 Å². The van der Waals surface area contributed by atoms with Crippen molar-refractivity contribution in [2.24, 2.45) is 5.41 Å². The summed E-state index contributed by atoms with van der Waals surface area (Å²) >= 11 is 0. The van der Waals surface area contributed by atoms with Crippen molar-refractivity contribution in [1.82, 2.24) is 0 Å². The molecule has 0 rings (SSSR count). The molecule has 0 radical (unpaired) electrons. The van der Waals surface area contributed by atoms with Crippen LogP contribution in [0.4, 0.5) is 0 Å². The minimum atomic E-state index is -0.780. The number of carbonyl (C=O) groups excluding carboxylic acids is 4. The zero-order valence-electron chi connectivity index (χ0n) is 28.3. The van der Waals surface area contributed by atoms with Gasteiger partial charge in [0, 0.05) is 24.3 Å². The van der Waals surface area contributed by atoms with Crippen LogP contribution >= 0.6 is 0 Å². The molecule has 0 fully saturated rings. The van der Waals surface area contributed by atoms with Crippen molar-refractivity contribution in [2.45, 2.75) is 0 Å². The summed E-state index contributed by atoms with van der Waals surface area (Å²) in [6.45, 7) is 16.9. The molecule has 49 heavy (non-hydrogen) atoms. The van der Waals surface area contributed by atoms with E-state index < -0.39 is 29.3 Å². The van der Waals surface area contributed by atoms with Crippen molar-refractivity contribution in [2.75, 3.05) is 132 Å². The third-order valence-electron chi connectivity index (χ3n) is 5.68. The lowest BCUT2D eigenvalue weighted by Crippen LogP contribution is -2.43. The first-order valence-corrected chi connectivity index (χ1v) is 15.6. The molecule has 0 aromatic carbocycles. The minimum Gasteiger partial charge on any atom is -0.460 e. The number of carbonyl (C=O) groups is 4. The van der Waals surface area contributed by atoms with Crippen molar-refractivity contribution in [3.05, 3.63) is 50.6 Å². The Morgan fingerprint density at radius 2 is 0.510 bits per heavy atom. The average molecular weight is 705 g/mol. The minimum absolute atomic E-state index is 0.0839. The third-order valence-corrected chi connectivity index (χ3v) is 5.68. The molecule has 0 heterocycles. The first-order chi connectivity index (χ1) is 23.8. The Balaban J connectivity index is 5.05. The monoisotopic (exact) mass is 704 g/mol. The molecule has 0 saturated carbocycles. The number of hydrogen-bond donors (Lipinski definition) is 0. The largest absolute Gasteiger partial charge is 0.460 e. The van der Waals surface area contributed by atoms with Gasteiger partial charge in [-0.2, -0.15) is 0 Å². The summed E-state index contributed by atoms with van der Waals surface area (Å²) in [6, 6.07) is 0. The fourth-order valence-electron chi connectivity index (χ4n) is 3.32. The normalized spacial score (nSPS) is 10.9. The van der Waals surface area contributed by atoms with Gasteiger partial charge in [0.25, 0.3) is 0 Å². The quantitative estimate of drug-likeness (QED) is 0.0390. The highest BCUT2D eigenvalue weighted by molar-refractivity contribution is 5.82. The molecule has 0 aromatic heterocycles. The fraction of sp³-hybridized carbons (Fsp3) is 0.636. The van der Waals surface area contributed by atoms with Crippen LogP contribution in [0.5, 0.6) is 0 Å². The highest BCUT2D eigenvalue weighted by atomic mass is 16.6. The Kier molecular flexibility index (Phi) is 30.7. The lowest BCUT2D eigenvalue weighted by atomic mass is 9.92. The van der Waals surface area contributed by atoms with Gasteiger partial charge in [0.2, 0.25) is 0 Å². The smallest absolute Gasteiger partial charge is 0.330 e. The number of ether oxygens (including phenoxy) is 12. The summed E-state index contributed by atoms with van der Waals surface area (Å²) in [5.74, 6) is -2.13. The Morgan fingerprint density at radius 1 is 0.327 bits per heavy atom. The molecule has 0 aliphatic heterocycles. The van der Waals surface area contributed by atoms with Crippen LogP contribution in [0.25, 0.3) is 0 Å². The van der Waals surface area contributed by atoms with Gasteiger partial charge in [0.15, 0.2) is 0 Å². The standard InChI is InChI=1S/C33H52O16/c1-5-29(34)46-21-17-38-9-13-42-25-33(26-43-14-10-39-18-22-47-30(35)6-2,27-44-15-11-40-19-23-48-31(36)7-3)28-45-16-12-41-20-24-49-32(37)8-4/h5-8H,1-4,9-28H2. The summed E-state index contributed by atoms with van der Waals surface area (Å²) in [5.41, 5.74) is -0.780. The molecule has 0 saturated heterocycles. The summed E-state index contributed by atoms with van der Waals surface area (Å²) in [5, 5.41) is 0. The van der Waals surface area contributed by atoms with E-state index >= 15 is 0 Å². The van der Waals surface area contributed by atoms with Crippen LogP contribution in [0.15, 0.2) is 50.6 Å². The van der Waals surface area contributed by atoms with E-state index in [-0.39, 0.29) is 132 Å². The highest BCUT2D eigenvalue weighted by Gasteiger charge is 2.32. The molecule has 0 unspecified atom stereocenters. The van der Waals surface area contributed by atoms with Gasteiger partial charge >= 0.3 is 23.9 Å². The van der Waals surface area contributed by atoms with Gasteiger partial charge in [0.05, 0.1) is 111 Å². The molecular formula is C33H52O16. The van der Waals surface area contributed by atoms with Crippen LogP contribution in [-0.2, 0) is 76.0 Å². The first-order valence-electron chi connectivity index (χ1n) is 15.6. The Hall–Kier alpha value is -3.48. The summed E-state index contributed by atoms with van der Waals surface area (Å²) in [7, 11) is 0. The van der Waals surface area contributed by atoms with E-state index in [2.05, 4.69) is 26.3 Å². The summed E-state index contributed by atoms with van der Waals surface area (Å²) in [4.78, 5) is 44.6. The molecular weight excluding hydrogens is 652 g/mol. The predicted molar refractivity (Wildman–Crippen MR) is 174 cm³/mol. The molecule has 0 aliphatic carbocycles. The van der Waals surface area contributed by atoms with Crippen molar-refractivity contribution in [3.8, 4) is 0 Å². The number of esters is 4. The maximum atomic E-state index is 11.1. The van der Waals surface area contributed by atoms with E-state index in [1.807, 2.05) is 0 Å². The first kappa shape index (κ1) is 45.5. The maximum Gasteiger partial charge on any atom is 0.330 e. The highest BCUT2D eigenvalue weighted by Crippen LogP contribution is 2.21. The van der Waals surface area contributed by atoms with Gasteiger partial charge in [-0.05, 0) is 0 Å². The second kappa shape index (κ2) is 33.0. The maximum absolute atomic E-state index is 11.1. The van der Waals surface area contributed by atoms with Gasteiger partial charge in [-0.1, -0.05) is 26.3 Å². The van der Waals surface area contributed by atoms with Gasteiger partial charge in [0.1, 0.15) is 26.4 Å². The van der Waals surface area contributed by atoms with Gasteiger partial charge < -0.3 is 56.8 Å². The van der Waals surface area contributed by atoms with Gasteiger partial charge in [-0.15, -0.1) is 0 Å². The van der Waals surface area contributed by atoms with E-state index in [9.17, 15) is 19.2 Å². The molecule has 0 aliphatic rings. The third kappa shape index (κ3) is 29.2. The molecule has 16 nitrogen and oxygen atoms in total. The van der Waals surface area contributed by atoms with Gasteiger partial charge in [-0.3, -0.25) is 0 Å². The summed E-state index contributed by atoms with van der Waals surface area (Å²) in [6.07, 6.45) is 4.29. The Morgan fingerprint density at radius 3 is 0.714 bits per heavy atom. The molecule has 16 heteroatoms. The SMILES string of the molecule is C=CC(=O)OCCOCCOCC(COCCOCCOC(=O)C=C)(COCCOCCOC(=O)C=C)COCCOCCOC(=O)C=C. The van der Waals surface area contributed by atoms with E-state index in [1.165, 1.54) is 0 Å². The van der Waals surface area contributed by atoms with Crippen molar-refractivity contribution in [1.29, 1.82) is 0 Å². The predicted octanol–water partition coefficient (Wildman–Crippen LogP) is 1.02. The van der Waals surface area contributed by atoms with E-state index in [1.54, 1.807) is 0 Å². The van der Waals surface area contributed by atoms with Crippen LogP contribution in [0, 0.1) is 5.41 Å². The molecule has 0 aromatic rings. The average Bonchev–Trinajstić information content (AvgIpc) is 3.11. The lowest BCUT2D eigenvalue weighted by molar-refractivity contribution is -0.140. The molecule has 0 bridgehead atoms. The zero-order valence-corrected chi connectivity index (χ0v) is 28.3. The van der Waals surface area contributed by atoms with E-state index in [0.29, 0.717) is 0 Å². The summed E-state index contributed by atoms with van der Waals surface area (Å²) < 4.78 is 65.0. The molecule has 0 spiro atoms.